The summed E-state index contributed by atoms with van der Waals surface area (Å²) in [4.78, 5) is 0. The molecular formula is C28H17NOS. The Kier molecular flexibility index (Phi) is 3.46. The summed E-state index contributed by atoms with van der Waals surface area (Å²) in [7, 11) is 0. The third kappa shape index (κ3) is 2.50. The molecule has 0 aliphatic rings. The Labute approximate surface area is 182 Å². The second-order valence-electron chi connectivity index (χ2n) is 7.88. The van der Waals surface area contributed by atoms with Crippen molar-refractivity contribution in [1.82, 2.24) is 0 Å². The second-order valence-corrected chi connectivity index (χ2v) is 8.93. The monoisotopic (exact) mass is 415 g/mol. The predicted octanol–water partition coefficient (Wildman–Crippen LogP) is 8.85. The van der Waals surface area contributed by atoms with E-state index >= 15 is 0 Å². The summed E-state index contributed by atoms with van der Waals surface area (Å²) >= 11 is 1.84. The zero-order valence-electron chi connectivity index (χ0n) is 16.6. The maximum absolute atomic E-state index is 6.26. The topological polar surface area (TPSA) is 25.2 Å². The lowest BCUT2D eigenvalue weighted by atomic mass is 10.1. The van der Waals surface area contributed by atoms with Crippen LogP contribution in [-0.4, -0.2) is 0 Å². The lowest BCUT2D eigenvalue weighted by molar-refractivity contribution is 0.672. The number of anilines is 2. The quantitative estimate of drug-likeness (QED) is 0.305. The van der Waals surface area contributed by atoms with Crippen molar-refractivity contribution in [1.29, 1.82) is 0 Å². The van der Waals surface area contributed by atoms with Crippen LogP contribution in [0.4, 0.5) is 11.4 Å². The normalized spacial score (nSPS) is 11.9. The first-order valence-electron chi connectivity index (χ1n) is 10.4. The molecular weight excluding hydrogens is 398 g/mol. The highest BCUT2D eigenvalue weighted by atomic mass is 32.1. The molecule has 7 rings (SSSR count). The summed E-state index contributed by atoms with van der Waals surface area (Å²) in [6.45, 7) is 0. The summed E-state index contributed by atoms with van der Waals surface area (Å²) in [5.41, 5.74) is 4.07. The average molecular weight is 416 g/mol. The molecule has 2 heterocycles. The van der Waals surface area contributed by atoms with E-state index in [1.54, 1.807) is 0 Å². The zero-order valence-corrected chi connectivity index (χ0v) is 17.4. The van der Waals surface area contributed by atoms with Crippen LogP contribution in [0.15, 0.2) is 101 Å². The maximum Gasteiger partial charge on any atom is 0.143 e. The minimum absolute atomic E-state index is 0.914. The van der Waals surface area contributed by atoms with Gasteiger partial charge in [-0.2, -0.15) is 0 Å². The molecule has 0 bridgehead atoms. The number of furan rings is 1. The van der Waals surface area contributed by atoms with Crippen molar-refractivity contribution in [2.24, 2.45) is 0 Å². The van der Waals surface area contributed by atoms with E-state index in [1.807, 2.05) is 11.3 Å². The van der Waals surface area contributed by atoms with Crippen molar-refractivity contribution >= 4 is 75.6 Å². The summed E-state index contributed by atoms with van der Waals surface area (Å²) in [6, 6.07) is 34.2. The first kappa shape index (κ1) is 16.9. The fourth-order valence-corrected chi connectivity index (χ4v) is 5.75. The lowest BCUT2D eigenvalue weighted by Gasteiger charge is -2.08. The highest BCUT2D eigenvalue weighted by molar-refractivity contribution is 7.26. The highest BCUT2D eigenvalue weighted by Gasteiger charge is 2.12. The van der Waals surface area contributed by atoms with E-state index in [1.165, 1.54) is 25.6 Å². The number of hydrogen-bond acceptors (Lipinski definition) is 3. The van der Waals surface area contributed by atoms with E-state index in [0.717, 1.165) is 38.7 Å². The molecule has 5 aromatic carbocycles. The SMILES string of the molecule is c1ccc2c(c1)ccc1c3cc(Nc4cccc5c4sc4ccccc45)ccc3oc21. The van der Waals surface area contributed by atoms with Crippen LogP contribution in [0, 0.1) is 0 Å². The van der Waals surface area contributed by atoms with Crippen molar-refractivity contribution < 1.29 is 4.42 Å². The first-order valence-corrected chi connectivity index (χ1v) is 11.2. The minimum atomic E-state index is 0.914. The number of nitrogens with one attached hydrogen (secondary N) is 1. The Morgan fingerprint density at radius 1 is 0.613 bits per heavy atom. The van der Waals surface area contributed by atoms with E-state index in [2.05, 4.69) is 102 Å². The first-order chi connectivity index (χ1) is 15.3. The van der Waals surface area contributed by atoms with Crippen molar-refractivity contribution in [2.75, 3.05) is 5.32 Å². The van der Waals surface area contributed by atoms with Crippen molar-refractivity contribution in [2.45, 2.75) is 0 Å². The van der Waals surface area contributed by atoms with Crippen LogP contribution in [0.3, 0.4) is 0 Å². The minimum Gasteiger partial charge on any atom is -0.455 e. The lowest BCUT2D eigenvalue weighted by Crippen LogP contribution is -1.89. The molecule has 0 fully saturated rings. The Morgan fingerprint density at radius 3 is 2.42 bits per heavy atom. The molecule has 31 heavy (non-hydrogen) atoms. The van der Waals surface area contributed by atoms with Gasteiger partial charge in [-0.25, -0.2) is 0 Å². The third-order valence-corrected chi connectivity index (χ3v) is 7.26. The molecule has 0 atom stereocenters. The number of hydrogen-bond donors (Lipinski definition) is 1. The van der Waals surface area contributed by atoms with Crippen LogP contribution >= 0.6 is 11.3 Å². The van der Waals surface area contributed by atoms with Gasteiger partial charge in [0.15, 0.2) is 0 Å². The summed E-state index contributed by atoms with van der Waals surface area (Å²) in [5.74, 6) is 0. The van der Waals surface area contributed by atoms with E-state index in [9.17, 15) is 0 Å². The van der Waals surface area contributed by atoms with Crippen LogP contribution in [0.5, 0.6) is 0 Å². The van der Waals surface area contributed by atoms with Gasteiger partial charge in [-0.1, -0.05) is 60.7 Å². The Morgan fingerprint density at radius 2 is 1.45 bits per heavy atom. The van der Waals surface area contributed by atoms with Crippen LogP contribution in [0.25, 0.3) is 52.9 Å². The number of rotatable bonds is 2. The third-order valence-electron chi connectivity index (χ3n) is 6.04. The molecule has 2 nitrogen and oxygen atoms in total. The van der Waals surface area contributed by atoms with Gasteiger partial charge in [0, 0.05) is 37.3 Å². The maximum atomic E-state index is 6.26. The van der Waals surface area contributed by atoms with Crippen molar-refractivity contribution in [3.63, 3.8) is 0 Å². The number of thiophene rings is 1. The van der Waals surface area contributed by atoms with Gasteiger partial charge in [0.05, 0.1) is 10.4 Å². The smallest absolute Gasteiger partial charge is 0.143 e. The Bertz CT molecular complexity index is 1770. The fraction of sp³-hybridized carbons (Fsp3) is 0. The molecule has 0 aliphatic heterocycles. The van der Waals surface area contributed by atoms with E-state index in [-0.39, 0.29) is 0 Å². The van der Waals surface area contributed by atoms with Gasteiger partial charge >= 0.3 is 0 Å². The number of benzene rings is 5. The molecule has 0 unspecified atom stereocenters. The summed E-state index contributed by atoms with van der Waals surface area (Å²) in [5, 5.41) is 10.9. The molecule has 7 aromatic rings. The molecule has 0 amide bonds. The summed E-state index contributed by atoms with van der Waals surface area (Å²) in [6.07, 6.45) is 0. The van der Waals surface area contributed by atoms with Gasteiger partial charge in [-0.05, 0) is 41.8 Å². The van der Waals surface area contributed by atoms with Gasteiger partial charge in [0.2, 0.25) is 0 Å². The van der Waals surface area contributed by atoms with Gasteiger partial charge < -0.3 is 9.73 Å². The van der Waals surface area contributed by atoms with E-state index in [4.69, 9.17) is 4.42 Å². The second kappa shape index (κ2) is 6.34. The summed E-state index contributed by atoms with van der Waals surface area (Å²) < 4.78 is 8.85. The van der Waals surface area contributed by atoms with Crippen LogP contribution < -0.4 is 5.32 Å². The molecule has 0 saturated carbocycles. The van der Waals surface area contributed by atoms with Crippen molar-refractivity contribution in [3.05, 3.63) is 97.1 Å². The van der Waals surface area contributed by atoms with Gasteiger partial charge in [0.1, 0.15) is 11.2 Å². The standard InChI is InChI=1S/C28H17NOS/c1-2-7-19-17(6-1)12-14-21-23-16-18(13-15-25(23)30-27(19)21)29-24-10-5-9-22-20-8-3-4-11-26(20)31-28(22)24/h1-16,29H. The van der Waals surface area contributed by atoms with Gasteiger partial charge in [-0.3, -0.25) is 0 Å². The molecule has 0 aliphatic carbocycles. The van der Waals surface area contributed by atoms with Crippen LogP contribution in [0.2, 0.25) is 0 Å². The molecule has 2 aromatic heterocycles. The number of fused-ring (bicyclic) bond motifs is 8. The molecule has 0 radical (unpaired) electrons. The molecule has 0 spiro atoms. The zero-order chi connectivity index (χ0) is 20.4. The van der Waals surface area contributed by atoms with Gasteiger partial charge in [0.25, 0.3) is 0 Å². The van der Waals surface area contributed by atoms with E-state index < -0.39 is 0 Å². The average Bonchev–Trinajstić information content (AvgIpc) is 3.38. The largest absolute Gasteiger partial charge is 0.455 e. The Hall–Kier alpha value is -3.82. The molecule has 3 heteroatoms. The molecule has 0 saturated heterocycles. The van der Waals surface area contributed by atoms with Crippen molar-refractivity contribution in [3.8, 4) is 0 Å². The fourth-order valence-electron chi connectivity index (χ4n) is 4.58. The highest BCUT2D eigenvalue weighted by Crippen LogP contribution is 2.40. The Balaban J connectivity index is 1.40. The van der Waals surface area contributed by atoms with Crippen LogP contribution in [0.1, 0.15) is 0 Å². The molecule has 146 valence electrons. The van der Waals surface area contributed by atoms with Gasteiger partial charge in [-0.15, -0.1) is 11.3 Å². The van der Waals surface area contributed by atoms with Crippen LogP contribution in [-0.2, 0) is 0 Å². The molecule has 1 N–H and O–H groups in total. The van der Waals surface area contributed by atoms with E-state index in [0.29, 0.717) is 0 Å². The predicted molar refractivity (Wildman–Crippen MR) is 134 cm³/mol.